The lowest BCUT2D eigenvalue weighted by Crippen LogP contribution is -2.39. The smallest absolute Gasteiger partial charge is 0.341 e. The van der Waals surface area contributed by atoms with Crippen LogP contribution in [0.5, 0.6) is 0 Å². The van der Waals surface area contributed by atoms with Crippen LogP contribution in [0.25, 0.3) is 0 Å². The maximum absolute atomic E-state index is 15.5. The summed E-state index contributed by atoms with van der Waals surface area (Å²) < 4.78 is 47.1. The lowest BCUT2D eigenvalue weighted by Gasteiger charge is -2.32. The minimum absolute atomic E-state index is 0.0319. The van der Waals surface area contributed by atoms with Crippen molar-refractivity contribution < 1.29 is 22.3 Å². The molecule has 0 radical (unpaired) electrons. The molecule has 9 heteroatoms. The number of benzene rings is 2. The summed E-state index contributed by atoms with van der Waals surface area (Å²) in [6, 6.07) is 7.70. The maximum Gasteiger partial charge on any atom is 0.341 e. The van der Waals surface area contributed by atoms with Crippen molar-refractivity contribution in [2.75, 3.05) is 13.1 Å². The molecular formula is C26H30Cl2FNO4S. The SMILES string of the molecule is CC(C)(C)OC(=O)c1ccc(CN2CCC(S(=O)(=O)c3cc(Cl)cc(Cl)c3)CC2)c(C2CC2)c1F. The van der Waals surface area contributed by atoms with Gasteiger partial charge in [-0.1, -0.05) is 29.3 Å². The maximum atomic E-state index is 15.5. The Morgan fingerprint density at radius 1 is 1.06 bits per heavy atom. The molecule has 1 saturated carbocycles. The van der Waals surface area contributed by atoms with Crippen LogP contribution in [0.2, 0.25) is 10.0 Å². The lowest BCUT2D eigenvalue weighted by atomic mass is 9.97. The first-order valence-electron chi connectivity index (χ1n) is 11.8. The number of sulfone groups is 1. The molecule has 1 heterocycles. The van der Waals surface area contributed by atoms with Gasteiger partial charge in [-0.2, -0.15) is 0 Å². The van der Waals surface area contributed by atoms with Crippen LogP contribution in [-0.2, 0) is 21.1 Å². The van der Waals surface area contributed by atoms with Crippen LogP contribution < -0.4 is 0 Å². The van der Waals surface area contributed by atoms with Crippen LogP contribution in [-0.4, -0.2) is 43.2 Å². The van der Waals surface area contributed by atoms with Gasteiger partial charge >= 0.3 is 5.97 Å². The fraction of sp³-hybridized carbons (Fsp3) is 0.500. The molecule has 2 aliphatic rings. The molecule has 190 valence electrons. The second kappa shape index (κ2) is 10.0. The summed E-state index contributed by atoms with van der Waals surface area (Å²) in [4.78, 5) is 14.8. The van der Waals surface area contributed by atoms with Gasteiger partial charge in [-0.05, 0) is 101 Å². The van der Waals surface area contributed by atoms with Gasteiger partial charge in [0.25, 0.3) is 0 Å². The zero-order chi connectivity index (χ0) is 25.5. The molecule has 0 bridgehead atoms. The third-order valence-electron chi connectivity index (χ3n) is 6.41. The van der Waals surface area contributed by atoms with Crippen molar-refractivity contribution in [2.45, 2.75) is 74.7 Å². The number of carbonyl (C=O) groups excluding carboxylic acids is 1. The second-order valence-electron chi connectivity index (χ2n) is 10.4. The van der Waals surface area contributed by atoms with Crippen LogP contribution in [0.4, 0.5) is 4.39 Å². The predicted molar refractivity (Wildman–Crippen MR) is 135 cm³/mol. The first-order valence-corrected chi connectivity index (χ1v) is 14.1. The number of likely N-dealkylation sites (tertiary alicyclic amines) is 1. The first-order chi connectivity index (χ1) is 16.3. The van der Waals surface area contributed by atoms with Gasteiger partial charge in [0.15, 0.2) is 9.84 Å². The molecular weight excluding hydrogens is 512 g/mol. The Kier molecular flexibility index (Phi) is 7.54. The lowest BCUT2D eigenvalue weighted by molar-refractivity contribution is 0.00644. The van der Waals surface area contributed by atoms with Gasteiger partial charge in [-0.25, -0.2) is 17.6 Å². The predicted octanol–water partition coefficient (Wildman–Crippen LogP) is 6.40. The standard InChI is InChI=1S/C26H30Cl2FNO4S/c1-26(2,3)34-25(31)22-7-6-17(23(24(22)29)16-4-5-16)15-30-10-8-20(9-11-30)35(32,33)21-13-18(27)12-19(28)14-21/h6-7,12-14,16,20H,4-5,8-11,15H2,1-3H3. The second-order valence-corrected chi connectivity index (χ2v) is 13.5. The van der Waals surface area contributed by atoms with E-state index < -0.39 is 32.5 Å². The van der Waals surface area contributed by atoms with E-state index in [0.717, 1.165) is 18.4 Å². The van der Waals surface area contributed by atoms with E-state index in [2.05, 4.69) is 4.90 Å². The Bertz CT molecular complexity index is 1210. The first kappa shape index (κ1) is 26.4. The number of ether oxygens (including phenoxy) is 1. The van der Waals surface area contributed by atoms with E-state index in [1.807, 2.05) is 6.07 Å². The van der Waals surface area contributed by atoms with E-state index in [4.69, 9.17) is 27.9 Å². The highest BCUT2D eigenvalue weighted by molar-refractivity contribution is 7.92. The van der Waals surface area contributed by atoms with Gasteiger partial charge in [0.05, 0.1) is 15.7 Å². The van der Waals surface area contributed by atoms with Gasteiger partial charge in [0.2, 0.25) is 0 Å². The summed E-state index contributed by atoms with van der Waals surface area (Å²) in [5.74, 6) is -1.04. The summed E-state index contributed by atoms with van der Waals surface area (Å²) in [5, 5.41) is 0.0541. The molecule has 0 aromatic heterocycles. The quantitative estimate of drug-likeness (QED) is 0.395. The van der Waals surface area contributed by atoms with Crippen molar-refractivity contribution in [3.05, 3.63) is 62.9 Å². The Balaban J connectivity index is 1.47. The van der Waals surface area contributed by atoms with E-state index in [1.54, 1.807) is 20.8 Å². The van der Waals surface area contributed by atoms with Crippen LogP contribution in [0.1, 0.15) is 73.9 Å². The number of carbonyl (C=O) groups is 1. The van der Waals surface area contributed by atoms with E-state index >= 15 is 4.39 Å². The molecule has 5 nitrogen and oxygen atoms in total. The molecule has 0 amide bonds. The van der Waals surface area contributed by atoms with E-state index in [0.29, 0.717) is 38.0 Å². The Labute approximate surface area is 216 Å². The normalized spacial score (nSPS) is 18.0. The van der Waals surface area contributed by atoms with Crippen molar-refractivity contribution in [1.29, 1.82) is 0 Å². The number of rotatable bonds is 6. The van der Waals surface area contributed by atoms with Gasteiger partial charge < -0.3 is 4.74 Å². The van der Waals surface area contributed by atoms with Gasteiger partial charge in [-0.15, -0.1) is 0 Å². The summed E-state index contributed by atoms with van der Waals surface area (Å²) >= 11 is 12.0. The van der Waals surface area contributed by atoms with Crippen molar-refractivity contribution in [3.63, 3.8) is 0 Å². The molecule has 0 spiro atoms. The molecule has 1 saturated heterocycles. The molecule has 2 fully saturated rings. The average molecular weight is 543 g/mol. The summed E-state index contributed by atoms with van der Waals surface area (Å²) in [6.07, 6.45) is 2.71. The molecule has 1 aliphatic heterocycles. The monoisotopic (exact) mass is 541 g/mol. The summed E-state index contributed by atoms with van der Waals surface area (Å²) in [7, 11) is -3.56. The molecule has 1 aliphatic carbocycles. The summed E-state index contributed by atoms with van der Waals surface area (Å²) in [5.41, 5.74) is 0.704. The van der Waals surface area contributed by atoms with E-state index in [1.165, 1.54) is 24.3 Å². The third kappa shape index (κ3) is 6.19. The Morgan fingerprint density at radius 3 is 2.20 bits per heavy atom. The van der Waals surface area contributed by atoms with E-state index in [9.17, 15) is 13.2 Å². The zero-order valence-electron chi connectivity index (χ0n) is 20.1. The number of hydrogen-bond donors (Lipinski definition) is 0. The van der Waals surface area contributed by atoms with Gasteiger partial charge in [0, 0.05) is 16.6 Å². The minimum Gasteiger partial charge on any atom is -0.456 e. The molecule has 0 unspecified atom stereocenters. The van der Waals surface area contributed by atoms with Crippen LogP contribution in [0.3, 0.4) is 0 Å². The molecule has 4 rings (SSSR count). The van der Waals surface area contributed by atoms with Crippen LogP contribution in [0.15, 0.2) is 35.2 Å². The van der Waals surface area contributed by atoms with Gasteiger partial charge in [-0.3, -0.25) is 4.90 Å². The zero-order valence-corrected chi connectivity index (χ0v) is 22.4. The van der Waals surface area contributed by atoms with Crippen LogP contribution in [0, 0.1) is 5.82 Å². The molecule has 2 aromatic carbocycles. The van der Waals surface area contributed by atoms with Crippen molar-refractivity contribution in [3.8, 4) is 0 Å². The van der Waals surface area contributed by atoms with Crippen LogP contribution >= 0.6 is 23.2 Å². The van der Waals surface area contributed by atoms with E-state index in [-0.39, 0.29) is 26.4 Å². The van der Waals surface area contributed by atoms with Gasteiger partial charge in [0.1, 0.15) is 11.4 Å². The topological polar surface area (TPSA) is 63.7 Å². The third-order valence-corrected chi connectivity index (χ3v) is 9.08. The summed E-state index contributed by atoms with van der Waals surface area (Å²) in [6.45, 7) is 6.90. The highest BCUT2D eigenvalue weighted by atomic mass is 35.5. The van der Waals surface area contributed by atoms with Crippen molar-refractivity contribution in [1.82, 2.24) is 4.90 Å². The fourth-order valence-electron chi connectivity index (χ4n) is 4.58. The number of esters is 1. The highest BCUT2D eigenvalue weighted by Crippen LogP contribution is 2.44. The highest BCUT2D eigenvalue weighted by Gasteiger charge is 2.35. The molecule has 35 heavy (non-hydrogen) atoms. The largest absolute Gasteiger partial charge is 0.456 e. The number of halogens is 3. The number of hydrogen-bond acceptors (Lipinski definition) is 5. The molecule has 0 N–H and O–H groups in total. The number of piperidine rings is 1. The molecule has 2 aromatic rings. The minimum atomic E-state index is -3.56. The van der Waals surface area contributed by atoms with Crippen molar-refractivity contribution >= 4 is 39.0 Å². The Hall–Kier alpha value is -1.67. The Morgan fingerprint density at radius 2 is 1.66 bits per heavy atom. The average Bonchev–Trinajstić information content (AvgIpc) is 3.57. The number of nitrogens with zero attached hydrogens (tertiary/aromatic N) is 1. The van der Waals surface area contributed by atoms with Crippen molar-refractivity contribution in [2.24, 2.45) is 0 Å². The fourth-order valence-corrected chi connectivity index (χ4v) is 7.03. The molecule has 0 atom stereocenters.